The number of nitrogen functional groups attached to an aromatic ring is 1. The molecule has 0 atom stereocenters. The maximum atomic E-state index is 5.93. The van der Waals surface area contributed by atoms with Crippen LogP contribution >= 0.6 is 0 Å². The fourth-order valence-electron chi connectivity index (χ4n) is 2.03. The molecule has 3 rings (SSSR count). The van der Waals surface area contributed by atoms with Gasteiger partial charge < -0.3 is 10.3 Å². The van der Waals surface area contributed by atoms with Crippen LogP contribution in [0.15, 0.2) is 59.1 Å². The second kappa shape index (κ2) is 4.61. The summed E-state index contributed by atoms with van der Waals surface area (Å²) in [7, 11) is 0. The van der Waals surface area contributed by atoms with Crippen molar-refractivity contribution in [1.29, 1.82) is 0 Å². The van der Waals surface area contributed by atoms with Crippen LogP contribution in [0.3, 0.4) is 0 Å². The van der Waals surface area contributed by atoms with E-state index in [9.17, 15) is 0 Å². The smallest absolute Gasteiger partial charge is 0.189 e. The van der Waals surface area contributed by atoms with Gasteiger partial charge in [-0.2, -0.15) is 0 Å². The Kier molecular flexibility index (Phi) is 2.80. The molecule has 94 valence electrons. The zero-order valence-corrected chi connectivity index (χ0v) is 10.6. The number of aromatic nitrogens is 1. The van der Waals surface area contributed by atoms with E-state index in [2.05, 4.69) is 29.4 Å². The molecule has 0 aliphatic heterocycles. The summed E-state index contributed by atoms with van der Waals surface area (Å²) in [5, 5.41) is 3.87. The number of nitrogens with zero attached hydrogens (tertiary/aromatic N) is 1. The Labute approximate surface area is 111 Å². The second-order valence-electron chi connectivity index (χ2n) is 4.45. The number of hydrogen-bond acceptors (Lipinski definition) is 3. The van der Waals surface area contributed by atoms with E-state index < -0.39 is 0 Å². The normalized spacial score (nSPS) is 10.6. The largest absolute Gasteiger partial charge is 0.394 e. The lowest BCUT2D eigenvalue weighted by Gasteiger charge is -2.03. The van der Waals surface area contributed by atoms with Gasteiger partial charge in [0.15, 0.2) is 5.76 Å². The molecule has 0 fully saturated rings. The first kappa shape index (κ1) is 11.5. The van der Waals surface area contributed by atoms with Crippen LogP contribution in [0.4, 0.5) is 5.69 Å². The van der Waals surface area contributed by atoms with Crippen LogP contribution in [0.5, 0.6) is 0 Å². The summed E-state index contributed by atoms with van der Waals surface area (Å²) >= 11 is 0. The highest BCUT2D eigenvalue weighted by molar-refractivity contribution is 5.74. The molecule has 1 heterocycles. The van der Waals surface area contributed by atoms with Crippen LogP contribution in [-0.2, 0) is 0 Å². The van der Waals surface area contributed by atoms with E-state index in [0.29, 0.717) is 11.4 Å². The standard InChI is InChI=1S/C16H14N2O/c1-11-15(17)16(19-18-11)14-9-7-13(8-10-14)12-5-3-2-4-6-12/h2-10H,17H2,1H3. The number of anilines is 1. The van der Waals surface area contributed by atoms with Crippen molar-refractivity contribution in [3.05, 3.63) is 60.3 Å². The minimum atomic E-state index is 0.604. The molecular weight excluding hydrogens is 236 g/mol. The Balaban J connectivity index is 1.98. The fourth-order valence-corrected chi connectivity index (χ4v) is 2.03. The number of rotatable bonds is 2. The Bertz CT molecular complexity index is 685. The molecule has 0 aliphatic carbocycles. The van der Waals surface area contributed by atoms with Crippen molar-refractivity contribution in [3.63, 3.8) is 0 Å². The molecule has 0 aliphatic rings. The molecule has 0 spiro atoms. The van der Waals surface area contributed by atoms with Gasteiger partial charge in [-0.05, 0) is 18.1 Å². The molecule has 3 nitrogen and oxygen atoms in total. The average molecular weight is 250 g/mol. The highest BCUT2D eigenvalue weighted by atomic mass is 16.5. The van der Waals surface area contributed by atoms with E-state index in [1.54, 1.807) is 0 Å². The first-order chi connectivity index (χ1) is 9.25. The van der Waals surface area contributed by atoms with E-state index in [-0.39, 0.29) is 0 Å². The van der Waals surface area contributed by atoms with Crippen molar-refractivity contribution >= 4 is 5.69 Å². The van der Waals surface area contributed by atoms with Crippen LogP contribution < -0.4 is 5.73 Å². The molecule has 2 N–H and O–H groups in total. The number of nitrogens with two attached hydrogens (primary N) is 1. The zero-order chi connectivity index (χ0) is 13.2. The van der Waals surface area contributed by atoms with Gasteiger partial charge in [0.1, 0.15) is 11.4 Å². The van der Waals surface area contributed by atoms with E-state index in [1.807, 2.05) is 37.3 Å². The molecule has 3 heteroatoms. The Morgan fingerprint density at radius 1 is 0.842 bits per heavy atom. The molecule has 0 saturated heterocycles. The molecule has 3 aromatic rings. The Morgan fingerprint density at radius 2 is 1.42 bits per heavy atom. The first-order valence-corrected chi connectivity index (χ1v) is 6.13. The number of hydrogen-bond donors (Lipinski definition) is 1. The van der Waals surface area contributed by atoms with Crippen LogP contribution in [0, 0.1) is 6.92 Å². The Hall–Kier alpha value is -2.55. The van der Waals surface area contributed by atoms with Crippen molar-refractivity contribution < 1.29 is 4.52 Å². The molecule has 19 heavy (non-hydrogen) atoms. The summed E-state index contributed by atoms with van der Waals surface area (Å²) in [6.07, 6.45) is 0. The molecular formula is C16H14N2O. The van der Waals surface area contributed by atoms with Gasteiger partial charge in [0, 0.05) is 5.56 Å². The van der Waals surface area contributed by atoms with Gasteiger partial charge in [-0.3, -0.25) is 0 Å². The molecule has 0 amide bonds. The van der Waals surface area contributed by atoms with Gasteiger partial charge in [-0.1, -0.05) is 59.8 Å². The first-order valence-electron chi connectivity index (χ1n) is 6.13. The monoisotopic (exact) mass is 250 g/mol. The lowest BCUT2D eigenvalue weighted by molar-refractivity contribution is 0.427. The highest BCUT2D eigenvalue weighted by Gasteiger charge is 2.11. The van der Waals surface area contributed by atoms with Crippen LogP contribution in [0.25, 0.3) is 22.5 Å². The van der Waals surface area contributed by atoms with Crippen molar-refractivity contribution in [2.24, 2.45) is 0 Å². The summed E-state index contributed by atoms with van der Waals surface area (Å²) < 4.78 is 5.25. The third kappa shape index (κ3) is 2.10. The fraction of sp³-hybridized carbons (Fsp3) is 0.0625. The van der Waals surface area contributed by atoms with Crippen LogP contribution in [0.2, 0.25) is 0 Å². The predicted octanol–water partition coefficient (Wildman–Crippen LogP) is 3.90. The molecule has 0 saturated carbocycles. The van der Waals surface area contributed by atoms with E-state index >= 15 is 0 Å². The average Bonchev–Trinajstić information content (AvgIpc) is 2.80. The van der Waals surface area contributed by atoms with Crippen LogP contribution in [-0.4, -0.2) is 5.16 Å². The molecule has 1 aromatic heterocycles. The van der Waals surface area contributed by atoms with Gasteiger partial charge in [-0.25, -0.2) is 0 Å². The van der Waals surface area contributed by atoms with Crippen LogP contribution in [0.1, 0.15) is 5.69 Å². The number of benzene rings is 2. The number of aryl methyl sites for hydroxylation is 1. The lowest BCUT2D eigenvalue weighted by atomic mass is 10.0. The zero-order valence-electron chi connectivity index (χ0n) is 10.6. The van der Waals surface area contributed by atoms with Gasteiger partial charge in [0.05, 0.1) is 0 Å². The summed E-state index contributed by atoms with van der Waals surface area (Å²) in [5.41, 5.74) is 10.6. The summed E-state index contributed by atoms with van der Waals surface area (Å²) in [6, 6.07) is 18.4. The lowest BCUT2D eigenvalue weighted by Crippen LogP contribution is -1.88. The topological polar surface area (TPSA) is 52.0 Å². The minimum absolute atomic E-state index is 0.604. The minimum Gasteiger partial charge on any atom is -0.394 e. The summed E-state index contributed by atoms with van der Waals surface area (Å²) in [4.78, 5) is 0. The Morgan fingerprint density at radius 3 is 2.00 bits per heavy atom. The van der Waals surface area contributed by atoms with Crippen molar-refractivity contribution in [2.75, 3.05) is 5.73 Å². The van der Waals surface area contributed by atoms with Gasteiger partial charge >= 0.3 is 0 Å². The summed E-state index contributed by atoms with van der Waals surface area (Å²) in [6.45, 7) is 1.83. The van der Waals surface area contributed by atoms with Gasteiger partial charge in [0.2, 0.25) is 0 Å². The quantitative estimate of drug-likeness (QED) is 0.750. The van der Waals surface area contributed by atoms with Crippen molar-refractivity contribution in [3.8, 4) is 22.5 Å². The predicted molar refractivity (Wildman–Crippen MR) is 76.5 cm³/mol. The van der Waals surface area contributed by atoms with Gasteiger partial charge in [0.25, 0.3) is 0 Å². The molecule has 0 bridgehead atoms. The molecule has 0 unspecified atom stereocenters. The van der Waals surface area contributed by atoms with E-state index in [1.165, 1.54) is 11.1 Å². The SMILES string of the molecule is Cc1noc(-c2ccc(-c3ccccc3)cc2)c1N. The highest BCUT2D eigenvalue weighted by Crippen LogP contribution is 2.30. The molecule has 0 radical (unpaired) electrons. The maximum absolute atomic E-state index is 5.93. The van der Waals surface area contributed by atoms with E-state index in [4.69, 9.17) is 10.3 Å². The third-order valence-corrected chi connectivity index (χ3v) is 3.16. The maximum Gasteiger partial charge on any atom is 0.189 e. The van der Waals surface area contributed by atoms with Crippen molar-refractivity contribution in [1.82, 2.24) is 5.16 Å². The van der Waals surface area contributed by atoms with Crippen molar-refractivity contribution in [2.45, 2.75) is 6.92 Å². The van der Waals surface area contributed by atoms with Gasteiger partial charge in [-0.15, -0.1) is 0 Å². The second-order valence-corrected chi connectivity index (χ2v) is 4.45. The summed E-state index contributed by atoms with van der Waals surface area (Å²) in [5.74, 6) is 0.636. The van der Waals surface area contributed by atoms with E-state index in [0.717, 1.165) is 11.3 Å². The molecule has 2 aromatic carbocycles. The third-order valence-electron chi connectivity index (χ3n) is 3.16.